The summed E-state index contributed by atoms with van der Waals surface area (Å²) in [4.78, 5) is 0. The maximum absolute atomic E-state index is 5.55. The molecule has 0 spiro atoms. The van der Waals surface area contributed by atoms with E-state index in [1.54, 1.807) is 0 Å². The molecule has 0 N–H and O–H groups in total. The molecule has 0 saturated heterocycles. The van der Waals surface area contributed by atoms with Crippen LogP contribution in [0.3, 0.4) is 0 Å². The molecule has 0 aliphatic heterocycles. The smallest absolute Gasteiger partial charge is 0.122 e. The Morgan fingerprint density at radius 3 is 2.31 bits per heavy atom. The number of alkyl halides is 1. The van der Waals surface area contributed by atoms with E-state index in [2.05, 4.69) is 32.9 Å². The lowest BCUT2D eigenvalue weighted by molar-refractivity contribution is 0.340. The highest BCUT2D eigenvalue weighted by Crippen LogP contribution is 2.22. The predicted octanol–water partition coefficient (Wildman–Crippen LogP) is 3.23. The van der Waals surface area contributed by atoms with E-state index in [4.69, 9.17) is 16.3 Å². The summed E-state index contributed by atoms with van der Waals surface area (Å²) >= 11 is 5.55. The summed E-state index contributed by atoms with van der Waals surface area (Å²) in [5.74, 6) is 1.48. The first-order valence-electron chi connectivity index (χ1n) is 4.41. The van der Waals surface area contributed by atoms with Crippen LogP contribution < -0.4 is 4.74 Å². The van der Waals surface area contributed by atoms with Gasteiger partial charge in [0.15, 0.2) is 0 Å². The highest BCUT2D eigenvalue weighted by atomic mass is 35.5. The van der Waals surface area contributed by atoms with Gasteiger partial charge in [-0.15, -0.1) is 11.6 Å². The van der Waals surface area contributed by atoms with Crippen LogP contribution in [0, 0.1) is 20.8 Å². The molecule has 0 aliphatic rings. The van der Waals surface area contributed by atoms with Crippen molar-refractivity contribution in [1.29, 1.82) is 0 Å². The largest absolute Gasteiger partial charge is 0.492 e. The van der Waals surface area contributed by atoms with Crippen LogP contribution in [0.4, 0.5) is 0 Å². The van der Waals surface area contributed by atoms with E-state index in [-0.39, 0.29) is 0 Å². The SMILES string of the molecule is Cc1cc(C)c(OCCCl)cc1C. The number of halogens is 1. The fraction of sp³-hybridized carbons (Fsp3) is 0.455. The minimum atomic E-state index is 0.534. The third kappa shape index (κ3) is 2.63. The zero-order chi connectivity index (χ0) is 9.84. The molecule has 0 fully saturated rings. The molecule has 1 rings (SSSR count). The van der Waals surface area contributed by atoms with Crippen molar-refractivity contribution in [1.82, 2.24) is 0 Å². The van der Waals surface area contributed by atoms with Crippen LogP contribution in [0.15, 0.2) is 12.1 Å². The fourth-order valence-corrected chi connectivity index (χ4v) is 1.32. The van der Waals surface area contributed by atoms with Gasteiger partial charge in [0.25, 0.3) is 0 Å². The summed E-state index contributed by atoms with van der Waals surface area (Å²) in [6, 6.07) is 4.20. The first-order valence-corrected chi connectivity index (χ1v) is 4.95. The number of ether oxygens (including phenoxy) is 1. The van der Waals surface area contributed by atoms with Gasteiger partial charge in [-0.3, -0.25) is 0 Å². The Labute approximate surface area is 84.7 Å². The molecule has 0 radical (unpaired) electrons. The minimum absolute atomic E-state index is 0.534. The Kier molecular flexibility index (Phi) is 3.61. The molecular formula is C11H15ClO. The van der Waals surface area contributed by atoms with E-state index in [1.165, 1.54) is 16.7 Å². The van der Waals surface area contributed by atoms with Gasteiger partial charge in [-0.1, -0.05) is 6.07 Å². The van der Waals surface area contributed by atoms with Crippen LogP contribution in [0.5, 0.6) is 5.75 Å². The minimum Gasteiger partial charge on any atom is -0.492 e. The molecule has 0 bridgehead atoms. The highest BCUT2D eigenvalue weighted by molar-refractivity contribution is 6.18. The molecule has 1 aromatic carbocycles. The molecule has 72 valence electrons. The lowest BCUT2D eigenvalue weighted by atomic mass is 10.1. The van der Waals surface area contributed by atoms with Crippen molar-refractivity contribution in [2.45, 2.75) is 20.8 Å². The number of benzene rings is 1. The van der Waals surface area contributed by atoms with Gasteiger partial charge in [0.05, 0.1) is 5.88 Å². The van der Waals surface area contributed by atoms with Crippen LogP contribution in [0.2, 0.25) is 0 Å². The van der Waals surface area contributed by atoms with Crippen molar-refractivity contribution in [3.8, 4) is 5.75 Å². The molecule has 0 aromatic heterocycles. The summed E-state index contributed by atoms with van der Waals surface area (Å²) in [6.07, 6.45) is 0. The molecule has 13 heavy (non-hydrogen) atoms. The Hall–Kier alpha value is -0.690. The second-order valence-corrected chi connectivity index (χ2v) is 3.62. The topological polar surface area (TPSA) is 9.23 Å². The number of hydrogen-bond donors (Lipinski definition) is 0. The number of hydrogen-bond acceptors (Lipinski definition) is 1. The Bertz CT molecular complexity index is 294. The van der Waals surface area contributed by atoms with Crippen molar-refractivity contribution in [3.63, 3.8) is 0 Å². The Morgan fingerprint density at radius 1 is 1.08 bits per heavy atom. The summed E-state index contributed by atoms with van der Waals surface area (Å²) < 4.78 is 5.49. The monoisotopic (exact) mass is 198 g/mol. The molecule has 0 unspecified atom stereocenters. The molecule has 0 atom stereocenters. The first-order chi connectivity index (χ1) is 6.15. The molecule has 2 heteroatoms. The van der Waals surface area contributed by atoms with E-state index in [9.17, 15) is 0 Å². The van der Waals surface area contributed by atoms with Gasteiger partial charge in [-0.25, -0.2) is 0 Å². The van der Waals surface area contributed by atoms with Gasteiger partial charge in [0.1, 0.15) is 12.4 Å². The normalized spacial score (nSPS) is 10.2. The summed E-state index contributed by atoms with van der Waals surface area (Å²) in [6.45, 7) is 6.82. The van der Waals surface area contributed by atoms with Crippen LogP contribution in [0.1, 0.15) is 16.7 Å². The third-order valence-electron chi connectivity index (χ3n) is 2.13. The summed E-state index contributed by atoms with van der Waals surface area (Å²) in [7, 11) is 0. The van der Waals surface area contributed by atoms with E-state index in [0.717, 1.165) is 5.75 Å². The zero-order valence-corrected chi connectivity index (χ0v) is 9.11. The molecule has 1 nitrogen and oxygen atoms in total. The maximum atomic E-state index is 5.55. The summed E-state index contributed by atoms with van der Waals surface area (Å²) in [5.41, 5.74) is 3.74. The molecule has 0 amide bonds. The van der Waals surface area contributed by atoms with Gasteiger partial charge >= 0.3 is 0 Å². The van der Waals surface area contributed by atoms with Crippen molar-refractivity contribution in [2.75, 3.05) is 12.5 Å². The van der Waals surface area contributed by atoms with Crippen molar-refractivity contribution in [2.24, 2.45) is 0 Å². The number of rotatable bonds is 3. The average molecular weight is 199 g/mol. The van der Waals surface area contributed by atoms with Crippen molar-refractivity contribution in [3.05, 3.63) is 28.8 Å². The van der Waals surface area contributed by atoms with Crippen LogP contribution in [0.25, 0.3) is 0 Å². The number of aryl methyl sites for hydroxylation is 3. The summed E-state index contributed by atoms with van der Waals surface area (Å²) in [5, 5.41) is 0. The predicted molar refractivity (Wildman–Crippen MR) is 56.9 cm³/mol. The lowest BCUT2D eigenvalue weighted by Crippen LogP contribution is -2.00. The molecular weight excluding hydrogens is 184 g/mol. The van der Waals surface area contributed by atoms with Gasteiger partial charge in [0, 0.05) is 0 Å². The second-order valence-electron chi connectivity index (χ2n) is 3.24. The van der Waals surface area contributed by atoms with Crippen LogP contribution in [-0.4, -0.2) is 12.5 Å². The van der Waals surface area contributed by atoms with Gasteiger partial charge in [-0.05, 0) is 43.5 Å². The van der Waals surface area contributed by atoms with E-state index in [1.807, 2.05) is 0 Å². The second kappa shape index (κ2) is 4.52. The quantitative estimate of drug-likeness (QED) is 0.678. The molecule has 1 aromatic rings. The Balaban J connectivity index is 2.88. The lowest BCUT2D eigenvalue weighted by Gasteiger charge is -2.10. The highest BCUT2D eigenvalue weighted by Gasteiger charge is 2.01. The van der Waals surface area contributed by atoms with Gasteiger partial charge in [-0.2, -0.15) is 0 Å². The van der Waals surface area contributed by atoms with Gasteiger partial charge < -0.3 is 4.74 Å². The zero-order valence-electron chi connectivity index (χ0n) is 8.36. The molecule has 0 saturated carbocycles. The fourth-order valence-electron chi connectivity index (χ4n) is 1.24. The molecule has 0 aliphatic carbocycles. The first kappa shape index (κ1) is 10.4. The van der Waals surface area contributed by atoms with Crippen molar-refractivity contribution < 1.29 is 4.74 Å². The van der Waals surface area contributed by atoms with E-state index >= 15 is 0 Å². The maximum Gasteiger partial charge on any atom is 0.122 e. The van der Waals surface area contributed by atoms with Crippen LogP contribution >= 0.6 is 11.6 Å². The van der Waals surface area contributed by atoms with E-state index < -0.39 is 0 Å². The van der Waals surface area contributed by atoms with Crippen molar-refractivity contribution >= 4 is 11.6 Å². The Morgan fingerprint density at radius 2 is 1.69 bits per heavy atom. The van der Waals surface area contributed by atoms with Crippen LogP contribution in [-0.2, 0) is 0 Å². The average Bonchev–Trinajstić information content (AvgIpc) is 2.09. The van der Waals surface area contributed by atoms with E-state index in [0.29, 0.717) is 12.5 Å². The van der Waals surface area contributed by atoms with Gasteiger partial charge in [0.2, 0.25) is 0 Å². The third-order valence-corrected chi connectivity index (χ3v) is 2.28. The molecule has 0 heterocycles. The standard InChI is InChI=1S/C11H15ClO/c1-8-6-10(3)11(7-9(8)2)13-5-4-12/h6-7H,4-5H2,1-3H3.